The first-order valence-corrected chi connectivity index (χ1v) is 18.5. The Labute approximate surface area is 283 Å². The van der Waals surface area contributed by atoms with Crippen molar-refractivity contribution in [3.8, 4) is 0 Å². The molecule has 0 radical (unpaired) electrons. The van der Waals surface area contributed by atoms with Crippen LogP contribution in [0.25, 0.3) is 11.2 Å². The highest BCUT2D eigenvalue weighted by Crippen LogP contribution is 2.20. The van der Waals surface area contributed by atoms with Gasteiger partial charge in [0.1, 0.15) is 17.7 Å². The molecule has 2 heterocycles. The number of aromatic nitrogens is 4. The van der Waals surface area contributed by atoms with Gasteiger partial charge in [-0.1, -0.05) is 110 Å². The molecule has 2 rings (SSSR count). The summed E-state index contributed by atoms with van der Waals surface area (Å²) in [5, 5.41) is 11.1. The van der Waals surface area contributed by atoms with Crippen LogP contribution in [0.5, 0.6) is 0 Å². The Balaban J connectivity index is 1.65. The fraction of sp³-hybridized carbons (Fsp3) is 0.757. The SMILES string of the molecule is CCCCCCCCC=CCCCCCCCCCCCC(=O)C(O)C(CCOC(=O)[C@@H](N)C(C)C)Cn1cnc2cnc(N)nc21. The second-order valence-corrected chi connectivity index (χ2v) is 13.5. The number of anilines is 1. The number of aliphatic hydroxyl groups is 1. The maximum absolute atomic E-state index is 13.1. The van der Waals surface area contributed by atoms with E-state index < -0.39 is 24.0 Å². The average Bonchev–Trinajstić information content (AvgIpc) is 3.45. The van der Waals surface area contributed by atoms with Crippen molar-refractivity contribution in [1.29, 1.82) is 0 Å². The zero-order valence-corrected chi connectivity index (χ0v) is 29.6. The number of ketones is 1. The standard InChI is InChI=1S/C37H64N6O4/c1-4-5-6-7-8-9-10-11-12-13-14-15-16-17-18-19-20-21-22-23-32(44)34(45)30(24-25-47-36(46)33(38)29(2)3)27-43-28-41-31-26-40-37(39)42-35(31)43/h11-12,26,28-30,33-34,45H,4-10,13-25,27,38H2,1-3H3,(H2,39,40,42)/t30?,33-,34?/m0/s1. The van der Waals surface area contributed by atoms with Crippen molar-refractivity contribution in [2.75, 3.05) is 12.3 Å². The summed E-state index contributed by atoms with van der Waals surface area (Å²) in [6, 6.07) is -0.718. The van der Waals surface area contributed by atoms with E-state index in [1.54, 1.807) is 10.9 Å². The number of aliphatic hydroxyl groups excluding tert-OH is 1. The van der Waals surface area contributed by atoms with Crippen LogP contribution in [0.15, 0.2) is 24.7 Å². The summed E-state index contributed by atoms with van der Waals surface area (Å²) >= 11 is 0. The number of fused-ring (bicyclic) bond motifs is 1. The Hall–Kier alpha value is -2.85. The molecule has 2 aromatic heterocycles. The van der Waals surface area contributed by atoms with Crippen LogP contribution in [0, 0.1) is 11.8 Å². The van der Waals surface area contributed by atoms with Gasteiger partial charge in [0.05, 0.1) is 19.1 Å². The molecule has 10 heteroatoms. The van der Waals surface area contributed by atoms with Crippen molar-refractivity contribution in [3.05, 3.63) is 24.7 Å². The maximum Gasteiger partial charge on any atom is 0.323 e. The van der Waals surface area contributed by atoms with Gasteiger partial charge in [-0.2, -0.15) is 4.98 Å². The van der Waals surface area contributed by atoms with Gasteiger partial charge in [-0.3, -0.25) is 9.59 Å². The first kappa shape index (κ1) is 40.3. The molecule has 0 amide bonds. The summed E-state index contributed by atoms with van der Waals surface area (Å²) in [7, 11) is 0. The summed E-state index contributed by atoms with van der Waals surface area (Å²) in [5.41, 5.74) is 12.8. The summed E-state index contributed by atoms with van der Waals surface area (Å²) in [6.07, 6.45) is 28.3. The van der Waals surface area contributed by atoms with Crippen molar-refractivity contribution in [3.63, 3.8) is 0 Å². The van der Waals surface area contributed by atoms with Crippen molar-refractivity contribution >= 4 is 28.9 Å². The molecule has 0 fully saturated rings. The highest BCUT2D eigenvalue weighted by Gasteiger charge is 2.28. The van der Waals surface area contributed by atoms with Gasteiger partial charge in [0.2, 0.25) is 5.95 Å². The van der Waals surface area contributed by atoms with Gasteiger partial charge in [-0.25, -0.2) is 9.97 Å². The van der Waals surface area contributed by atoms with Gasteiger partial charge < -0.3 is 25.9 Å². The molecule has 0 bridgehead atoms. The lowest BCUT2D eigenvalue weighted by Gasteiger charge is -2.23. The van der Waals surface area contributed by atoms with E-state index in [-0.39, 0.29) is 30.8 Å². The number of esters is 1. The third-order valence-corrected chi connectivity index (χ3v) is 8.99. The van der Waals surface area contributed by atoms with Crippen LogP contribution in [0.1, 0.15) is 143 Å². The first-order valence-electron chi connectivity index (χ1n) is 18.5. The highest BCUT2D eigenvalue weighted by molar-refractivity contribution is 5.83. The minimum atomic E-state index is -1.20. The molecule has 0 aliphatic rings. The number of carbonyl (C=O) groups excluding carboxylic acids is 2. The molecule has 0 spiro atoms. The number of Topliss-reactive ketones (excluding diaryl/α,β-unsaturated/α-hetero) is 1. The lowest BCUT2D eigenvalue weighted by atomic mass is 9.92. The second-order valence-electron chi connectivity index (χ2n) is 13.5. The molecule has 0 aromatic carbocycles. The number of nitrogen functional groups attached to an aromatic ring is 1. The van der Waals surface area contributed by atoms with E-state index in [2.05, 4.69) is 34.0 Å². The lowest BCUT2D eigenvalue weighted by molar-refractivity contribution is -0.147. The molecule has 2 aromatic rings. The Bertz CT molecular complexity index is 1170. The van der Waals surface area contributed by atoms with Crippen molar-refractivity contribution in [2.24, 2.45) is 17.6 Å². The third kappa shape index (κ3) is 16.7. The number of ether oxygens (including phenoxy) is 1. The summed E-state index contributed by atoms with van der Waals surface area (Å²) in [6.45, 7) is 6.29. The zero-order chi connectivity index (χ0) is 34.3. The predicted molar refractivity (Wildman–Crippen MR) is 191 cm³/mol. The van der Waals surface area contributed by atoms with Crippen molar-refractivity contribution in [2.45, 2.75) is 161 Å². The number of carbonyl (C=O) groups is 2. The predicted octanol–water partition coefficient (Wildman–Crippen LogP) is 7.47. The van der Waals surface area contributed by atoms with Crippen LogP contribution in [0.2, 0.25) is 0 Å². The molecule has 3 atom stereocenters. The molecule has 10 nitrogen and oxygen atoms in total. The fourth-order valence-electron chi connectivity index (χ4n) is 5.77. The number of allylic oxidation sites excluding steroid dienone is 2. The zero-order valence-electron chi connectivity index (χ0n) is 29.6. The summed E-state index contributed by atoms with van der Waals surface area (Å²) in [5.74, 6) is -1.12. The van der Waals surface area contributed by atoms with Gasteiger partial charge in [-0.05, 0) is 44.4 Å². The van der Waals surface area contributed by atoms with Crippen LogP contribution >= 0.6 is 0 Å². The maximum atomic E-state index is 13.1. The van der Waals surface area contributed by atoms with Crippen LogP contribution < -0.4 is 11.5 Å². The molecule has 0 aliphatic carbocycles. The summed E-state index contributed by atoms with van der Waals surface area (Å²) in [4.78, 5) is 37.9. The van der Waals surface area contributed by atoms with E-state index in [0.717, 1.165) is 19.3 Å². The monoisotopic (exact) mass is 656 g/mol. The number of hydrogen-bond acceptors (Lipinski definition) is 9. The number of nitrogens with zero attached hydrogens (tertiary/aromatic N) is 4. The van der Waals surface area contributed by atoms with E-state index in [0.29, 0.717) is 24.0 Å². The van der Waals surface area contributed by atoms with Crippen LogP contribution in [-0.4, -0.2) is 55.1 Å². The van der Waals surface area contributed by atoms with Gasteiger partial charge >= 0.3 is 5.97 Å². The number of unbranched alkanes of at least 4 members (excludes halogenated alkanes) is 15. The van der Waals surface area contributed by atoms with Gasteiger partial charge in [0, 0.05) is 18.9 Å². The minimum absolute atomic E-state index is 0.0496. The van der Waals surface area contributed by atoms with Crippen LogP contribution in [-0.2, 0) is 20.9 Å². The second kappa shape index (κ2) is 24.3. The quantitative estimate of drug-likeness (QED) is 0.0480. The van der Waals surface area contributed by atoms with Crippen molar-refractivity contribution < 1.29 is 19.4 Å². The van der Waals surface area contributed by atoms with Gasteiger partial charge in [0.25, 0.3) is 0 Å². The lowest BCUT2D eigenvalue weighted by Crippen LogP contribution is -2.38. The average molecular weight is 657 g/mol. The number of imidazole rings is 1. The van der Waals surface area contributed by atoms with Crippen molar-refractivity contribution in [1.82, 2.24) is 19.5 Å². The number of rotatable bonds is 28. The number of hydrogen-bond donors (Lipinski definition) is 3. The molecule has 5 N–H and O–H groups in total. The fourth-order valence-corrected chi connectivity index (χ4v) is 5.77. The molecule has 0 saturated carbocycles. The molecule has 2 unspecified atom stereocenters. The largest absolute Gasteiger partial charge is 0.465 e. The topological polar surface area (TPSA) is 159 Å². The normalized spacial score (nSPS) is 13.8. The minimum Gasteiger partial charge on any atom is -0.465 e. The number of nitrogens with two attached hydrogens (primary N) is 2. The first-order chi connectivity index (χ1) is 22.7. The Morgan fingerprint density at radius 3 is 2.06 bits per heavy atom. The molecule has 266 valence electrons. The van der Waals surface area contributed by atoms with E-state index in [1.165, 1.54) is 96.1 Å². The summed E-state index contributed by atoms with van der Waals surface area (Å²) < 4.78 is 7.15. The Morgan fingerprint density at radius 1 is 0.894 bits per heavy atom. The smallest absolute Gasteiger partial charge is 0.323 e. The Kier molecular flexibility index (Phi) is 20.9. The third-order valence-electron chi connectivity index (χ3n) is 8.99. The van der Waals surface area contributed by atoms with E-state index in [9.17, 15) is 14.7 Å². The highest BCUT2D eigenvalue weighted by atomic mass is 16.5. The molecule has 0 aliphatic heterocycles. The van der Waals surface area contributed by atoms with Gasteiger partial charge in [0.15, 0.2) is 11.4 Å². The van der Waals surface area contributed by atoms with Crippen LogP contribution in [0.3, 0.4) is 0 Å². The Morgan fingerprint density at radius 2 is 1.47 bits per heavy atom. The van der Waals surface area contributed by atoms with Gasteiger partial charge in [-0.15, -0.1) is 0 Å². The molecule has 47 heavy (non-hydrogen) atoms. The van der Waals surface area contributed by atoms with E-state index in [4.69, 9.17) is 16.2 Å². The van der Waals surface area contributed by atoms with E-state index in [1.807, 2.05) is 13.8 Å². The molecule has 0 saturated heterocycles. The molecular formula is C37H64N6O4. The van der Waals surface area contributed by atoms with Crippen LogP contribution in [0.4, 0.5) is 5.95 Å². The molecular weight excluding hydrogens is 592 g/mol. The van der Waals surface area contributed by atoms with E-state index >= 15 is 0 Å².